The molecule has 2 aromatic carbocycles. The summed E-state index contributed by atoms with van der Waals surface area (Å²) in [5.41, 5.74) is 2.65. The highest BCUT2D eigenvalue weighted by molar-refractivity contribution is 5.98. The van der Waals surface area contributed by atoms with Crippen molar-refractivity contribution < 1.29 is 9.72 Å². The Morgan fingerprint density at radius 3 is 2.48 bits per heavy atom. The third-order valence-corrected chi connectivity index (χ3v) is 4.09. The van der Waals surface area contributed by atoms with E-state index < -0.39 is 4.92 Å². The Bertz CT molecular complexity index is 742. The number of nitrogens with zero attached hydrogens (tertiary/aromatic N) is 2. The molecule has 0 aliphatic rings. The number of likely N-dealkylation sites (N-methyl/N-ethyl adjacent to an activating group) is 1. The zero-order valence-electron chi connectivity index (χ0n) is 14.7. The summed E-state index contributed by atoms with van der Waals surface area (Å²) in [6.07, 6.45) is 0. The Morgan fingerprint density at radius 1 is 1.20 bits per heavy atom. The Labute approximate surface area is 147 Å². The van der Waals surface area contributed by atoms with E-state index in [9.17, 15) is 14.9 Å². The number of rotatable bonds is 8. The minimum Gasteiger partial charge on any atom is -0.308 e. The second-order valence-corrected chi connectivity index (χ2v) is 6.25. The molecule has 0 spiro atoms. The minimum absolute atomic E-state index is 0.0725. The Balaban J connectivity index is 1.97. The molecule has 1 atom stereocenters. The van der Waals surface area contributed by atoms with Gasteiger partial charge >= 0.3 is 0 Å². The van der Waals surface area contributed by atoms with Crippen LogP contribution in [0.3, 0.4) is 0 Å². The number of carbonyl (C=O) groups excluding carboxylic acids is 1. The number of benzene rings is 2. The first kappa shape index (κ1) is 18.8. The highest BCUT2D eigenvalue weighted by Gasteiger charge is 2.15. The van der Waals surface area contributed by atoms with Gasteiger partial charge in [-0.1, -0.05) is 42.0 Å². The monoisotopic (exact) mass is 341 g/mol. The van der Waals surface area contributed by atoms with E-state index in [0.29, 0.717) is 12.1 Å². The lowest BCUT2D eigenvalue weighted by molar-refractivity contribution is -0.384. The van der Waals surface area contributed by atoms with Crippen LogP contribution in [0.2, 0.25) is 0 Å². The van der Waals surface area contributed by atoms with Gasteiger partial charge < -0.3 is 10.2 Å². The molecule has 0 amide bonds. The second-order valence-electron chi connectivity index (χ2n) is 6.25. The van der Waals surface area contributed by atoms with Crippen molar-refractivity contribution in [1.82, 2.24) is 10.2 Å². The summed E-state index contributed by atoms with van der Waals surface area (Å²) in [5, 5.41) is 14.0. The van der Waals surface area contributed by atoms with Crippen LogP contribution in [0.1, 0.15) is 27.5 Å². The summed E-state index contributed by atoms with van der Waals surface area (Å²) in [7, 11) is 3.99. The quantitative estimate of drug-likeness (QED) is 0.454. The van der Waals surface area contributed by atoms with Gasteiger partial charge in [0.1, 0.15) is 0 Å². The maximum absolute atomic E-state index is 12.3. The summed E-state index contributed by atoms with van der Waals surface area (Å²) in [5.74, 6) is -0.162. The summed E-state index contributed by atoms with van der Waals surface area (Å²) in [6, 6.07) is 14.3. The number of carbonyl (C=O) groups is 1. The van der Waals surface area contributed by atoms with Crippen LogP contribution < -0.4 is 5.32 Å². The fourth-order valence-corrected chi connectivity index (χ4v) is 2.60. The van der Waals surface area contributed by atoms with Crippen molar-refractivity contribution in [3.8, 4) is 0 Å². The number of nitrogens with one attached hydrogen (secondary N) is 1. The van der Waals surface area contributed by atoms with E-state index in [1.54, 1.807) is 6.07 Å². The lowest BCUT2D eigenvalue weighted by atomic mass is 10.0. The average molecular weight is 341 g/mol. The van der Waals surface area contributed by atoms with E-state index in [1.807, 2.05) is 21.0 Å². The van der Waals surface area contributed by atoms with Crippen molar-refractivity contribution >= 4 is 11.5 Å². The summed E-state index contributed by atoms with van der Waals surface area (Å²) in [6.45, 7) is 2.79. The van der Waals surface area contributed by atoms with Gasteiger partial charge in [-0.15, -0.1) is 0 Å². The van der Waals surface area contributed by atoms with E-state index in [1.165, 1.54) is 29.3 Å². The number of nitro benzene ring substituents is 1. The van der Waals surface area contributed by atoms with Crippen molar-refractivity contribution in [2.24, 2.45) is 0 Å². The Morgan fingerprint density at radius 2 is 1.88 bits per heavy atom. The lowest BCUT2D eigenvalue weighted by Gasteiger charge is -2.25. The van der Waals surface area contributed by atoms with Gasteiger partial charge in [0.05, 0.1) is 11.5 Å². The summed E-state index contributed by atoms with van der Waals surface area (Å²) >= 11 is 0. The molecule has 0 aliphatic carbocycles. The van der Waals surface area contributed by atoms with Crippen LogP contribution in [0.15, 0.2) is 48.5 Å². The molecule has 0 fully saturated rings. The van der Waals surface area contributed by atoms with Crippen molar-refractivity contribution in [2.45, 2.75) is 13.0 Å². The molecule has 2 rings (SSSR count). The number of aryl methyl sites for hydroxylation is 1. The fraction of sp³-hybridized carbons (Fsp3) is 0.316. The highest BCUT2D eigenvalue weighted by atomic mass is 16.6. The smallest absolute Gasteiger partial charge is 0.270 e. The molecule has 0 saturated heterocycles. The SMILES string of the molecule is Cc1ccc(C(CNCC(=O)c2cccc([N+](=O)[O-])c2)N(C)C)cc1. The lowest BCUT2D eigenvalue weighted by Crippen LogP contribution is -2.33. The van der Waals surface area contributed by atoms with E-state index in [2.05, 4.69) is 34.5 Å². The average Bonchev–Trinajstić information content (AvgIpc) is 2.59. The molecule has 6 nitrogen and oxygen atoms in total. The minimum atomic E-state index is -0.496. The van der Waals surface area contributed by atoms with Gasteiger partial charge in [0.15, 0.2) is 5.78 Å². The molecule has 0 radical (unpaired) electrons. The van der Waals surface area contributed by atoms with Crippen LogP contribution in [0, 0.1) is 17.0 Å². The normalized spacial score (nSPS) is 12.2. The summed E-state index contributed by atoms with van der Waals surface area (Å²) in [4.78, 5) is 24.7. The maximum Gasteiger partial charge on any atom is 0.270 e. The van der Waals surface area contributed by atoms with Gasteiger partial charge in [-0.05, 0) is 26.6 Å². The predicted octanol–water partition coefficient (Wildman–Crippen LogP) is 2.98. The van der Waals surface area contributed by atoms with Crippen molar-refractivity contribution in [3.63, 3.8) is 0 Å². The largest absolute Gasteiger partial charge is 0.308 e. The molecule has 0 aliphatic heterocycles. The number of non-ortho nitro benzene ring substituents is 1. The van der Waals surface area contributed by atoms with Gasteiger partial charge in [0.25, 0.3) is 5.69 Å². The van der Waals surface area contributed by atoms with Crippen molar-refractivity contribution in [1.29, 1.82) is 0 Å². The number of Topliss-reactive ketones (excluding diaryl/α,β-unsaturated/α-hetero) is 1. The predicted molar refractivity (Wildman–Crippen MR) is 97.9 cm³/mol. The number of nitro groups is 1. The van der Waals surface area contributed by atoms with E-state index in [-0.39, 0.29) is 24.1 Å². The molecule has 25 heavy (non-hydrogen) atoms. The fourth-order valence-electron chi connectivity index (χ4n) is 2.60. The Hall–Kier alpha value is -2.57. The summed E-state index contributed by atoms with van der Waals surface area (Å²) < 4.78 is 0. The van der Waals surface area contributed by atoms with Gasteiger partial charge in [-0.2, -0.15) is 0 Å². The molecule has 132 valence electrons. The van der Waals surface area contributed by atoms with Crippen LogP contribution in [0.25, 0.3) is 0 Å². The van der Waals surface area contributed by atoms with Gasteiger partial charge in [-0.25, -0.2) is 0 Å². The zero-order valence-corrected chi connectivity index (χ0v) is 14.7. The van der Waals surface area contributed by atoms with E-state index >= 15 is 0 Å². The molecule has 0 aromatic heterocycles. The number of hydrogen-bond acceptors (Lipinski definition) is 5. The van der Waals surface area contributed by atoms with Crippen molar-refractivity contribution in [2.75, 3.05) is 27.2 Å². The molecule has 0 bridgehead atoms. The van der Waals surface area contributed by atoms with Crippen LogP contribution >= 0.6 is 0 Å². The number of ketones is 1. The molecule has 0 heterocycles. The standard InChI is InChI=1S/C19H23N3O3/c1-14-7-9-15(10-8-14)18(21(2)3)12-20-13-19(23)16-5-4-6-17(11-16)22(24)25/h4-11,18,20H,12-13H2,1-3H3. The van der Waals surface area contributed by atoms with Crippen LogP contribution in [0.4, 0.5) is 5.69 Å². The molecule has 2 aromatic rings. The molecule has 1 N–H and O–H groups in total. The van der Waals surface area contributed by atoms with Crippen LogP contribution in [-0.4, -0.2) is 42.8 Å². The van der Waals surface area contributed by atoms with Gasteiger partial charge in [-0.3, -0.25) is 14.9 Å². The topological polar surface area (TPSA) is 75.5 Å². The van der Waals surface area contributed by atoms with Crippen LogP contribution in [-0.2, 0) is 0 Å². The first-order chi connectivity index (χ1) is 11.9. The van der Waals surface area contributed by atoms with E-state index in [0.717, 1.165) is 0 Å². The van der Waals surface area contributed by atoms with Crippen molar-refractivity contribution in [3.05, 3.63) is 75.3 Å². The van der Waals surface area contributed by atoms with Gasteiger partial charge in [0.2, 0.25) is 0 Å². The zero-order chi connectivity index (χ0) is 18.4. The molecule has 1 unspecified atom stereocenters. The second kappa shape index (κ2) is 8.50. The molecule has 6 heteroatoms. The third kappa shape index (κ3) is 5.20. The van der Waals surface area contributed by atoms with Gasteiger partial charge in [0, 0.05) is 30.3 Å². The Kier molecular flexibility index (Phi) is 6.38. The third-order valence-electron chi connectivity index (χ3n) is 4.09. The maximum atomic E-state index is 12.3. The molecule has 0 saturated carbocycles. The first-order valence-electron chi connectivity index (χ1n) is 8.10. The first-order valence-corrected chi connectivity index (χ1v) is 8.10. The molecular formula is C19H23N3O3. The highest BCUT2D eigenvalue weighted by Crippen LogP contribution is 2.18. The van der Waals surface area contributed by atoms with E-state index in [4.69, 9.17) is 0 Å². The number of hydrogen-bond donors (Lipinski definition) is 1. The molecular weight excluding hydrogens is 318 g/mol. The van der Waals surface area contributed by atoms with Crippen LogP contribution in [0.5, 0.6) is 0 Å².